The third-order valence-electron chi connectivity index (χ3n) is 2.52. The van der Waals surface area contributed by atoms with E-state index in [4.69, 9.17) is 16.0 Å². The smallest absolute Gasteiger partial charge is 0.208 e. The van der Waals surface area contributed by atoms with Gasteiger partial charge < -0.3 is 9.73 Å². The average molecular weight is 344 g/mol. The van der Waals surface area contributed by atoms with E-state index in [0.29, 0.717) is 17.5 Å². The molecule has 0 spiro atoms. The van der Waals surface area contributed by atoms with Crippen molar-refractivity contribution in [3.8, 4) is 11.3 Å². The maximum absolute atomic E-state index is 5.92. The first kappa shape index (κ1) is 14.6. The number of oxazole rings is 1. The molecule has 2 rings (SSSR count). The van der Waals surface area contributed by atoms with Crippen LogP contribution in [0.2, 0.25) is 5.02 Å². The standard InChI is InChI=1S/C14H16BrClN2O/c1-14(2,3)18-8-13-17-7-12(19-13)10-5-4-9(16)6-11(10)15/h4-7,18H,8H2,1-3H3. The van der Waals surface area contributed by atoms with E-state index in [1.54, 1.807) is 6.20 Å². The van der Waals surface area contributed by atoms with Crippen LogP contribution >= 0.6 is 27.5 Å². The van der Waals surface area contributed by atoms with Crippen molar-refractivity contribution < 1.29 is 4.42 Å². The van der Waals surface area contributed by atoms with Gasteiger partial charge in [-0.15, -0.1) is 0 Å². The monoisotopic (exact) mass is 342 g/mol. The van der Waals surface area contributed by atoms with Crippen LogP contribution in [-0.4, -0.2) is 10.5 Å². The second-order valence-electron chi connectivity index (χ2n) is 5.35. The Morgan fingerprint density at radius 2 is 2.11 bits per heavy atom. The van der Waals surface area contributed by atoms with Gasteiger partial charge >= 0.3 is 0 Å². The zero-order valence-electron chi connectivity index (χ0n) is 11.1. The lowest BCUT2D eigenvalue weighted by Gasteiger charge is -2.18. The SMILES string of the molecule is CC(C)(C)NCc1ncc(-c2ccc(Cl)cc2Br)o1. The van der Waals surface area contributed by atoms with Gasteiger partial charge in [0.1, 0.15) is 0 Å². The van der Waals surface area contributed by atoms with Crippen LogP contribution in [0.1, 0.15) is 26.7 Å². The highest BCUT2D eigenvalue weighted by Crippen LogP contribution is 2.31. The maximum Gasteiger partial charge on any atom is 0.208 e. The molecule has 0 radical (unpaired) electrons. The summed E-state index contributed by atoms with van der Waals surface area (Å²) in [6.45, 7) is 6.92. The number of aromatic nitrogens is 1. The third kappa shape index (κ3) is 4.06. The second kappa shape index (κ2) is 5.65. The highest BCUT2D eigenvalue weighted by Gasteiger charge is 2.13. The van der Waals surface area contributed by atoms with E-state index in [1.807, 2.05) is 18.2 Å². The molecule has 0 atom stereocenters. The van der Waals surface area contributed by atoms with Crippen LogP contribution in [0.5, 0.6) is 0 Å². The first-order valence-corrected chi connectivity index (χ1v) is 7.17. The Hall–Kier alpha value is -0.840. The predicted octanol–water partition coefficient (Wildman–Crippen LogP) is 4.65. The molecular weight excluding hydrogens is 328 g/mol. The lowest BCUT2D eigenvalue weighted by molar-refractivity contribution is 0.383. The van der Waals surface area contributed by atoms with Crippen LogP contribution < -0.4 is 5.32 Å². The molecule has 5 heteroatoms. The van der Waals surface area contributed by atoms with Crippen LogP contribution in [0, 0.1) is 0 Å². The summed E-state index contributed by atoms with van der Waals surface area (Å²) in [5.74, 6) is 1.40. The molecule has 1 heterocycles. The molecule has 2 aromatic rings. The van der Waals surface area contributed by atoms with Gasteiger partial charge in [-0.3, -0.25) is 0 Å². The van der Waals surface area contributed by atoms with Gasteiger partial charge in [0.25, 0.3) is 0 Å². The first-order chi connectivity index (χ1) is 8.85. The fourth-order valence-electron chi connectivity index (χ4n) is 1.55. The van der Waals surface area contributed by atoms with Crippen LogP contribution in [0.25, 0.3) is 11.3 Å². The van der Waals surface area contributed by atoms with Gasteiger partial charge in [-0.25, -0.2) is 4.98 Å². The Labute approximate surface area is 126 Å². The normalized spacial score (nSPS) is 11.8. The average Bonchev–Trinajstić information content (AvgIpc) is 2.74. The van der Waals surface area contributed by atoms with Crippen LogP contribution in [0.3, 0.4) is 0 Å². The molecule has 0 aliphatic heterocycles. The molecule has 0 unspecified atom stereocenters. The Morgan fingerprint density at radius 3 is 2.74 bits per heavy atom. The molecule has 0 bridgehead atoms. The number of hydrogen-bond acceptors (Lipinski definition) is 3. The summed E-state index contributed by atoms with van der Waals surface area (Å²) in [5.41, 5.74) is 0.981. The Balaban J connectivity index is 2.16. The van der Waals surface area contributed by atoms with Crippen LogP contribution in [0.4, 0.5) is 0 Å². The zero-order valence-corrected chi connectivity index (χ0v) is 13.5. The number of rotatable bonds is 3. The van der Waals surface area contributed by atoms with Gasteiger partial charge in [-0.1, -0.05) is 11.6 Å². The van der Waals surface area contributed by atoms with Gasteiger partial charge in [-0.2, -0.15) is 0 Å². The number of nitrogens with one attached hydrogen (secondary N) is 1. The lowest BCUT2D eigenvalue weighted by atomic mass is 10.1. The van der Waals surface area contributed by atoms with Gasteiger partial charge in [0.05, 0.1) is 12.7 Å². The predicted molar refractivity (Wildman–Crippen MR) is 81.2 cm³/mol. The molecule has 3 nitrogen and oxygen atoms in total. The third-order valence-corrected chi connectivity index (χ3v) is 3.41. The Kier molecular flexibility index (Phi) is 4.33. The molecular formula is C14H16BrClN2O. The topological polar surface area (TPSA) is 38.1 Å². The summed E-state index contributed by atoms with van der Waals surface area (Å²) in [6.07, 6.45) is 1.73. The summed E-state index contributed by atoms with van der Waals surface area (Å²) in [4.78, 5) is 4.28. The van der Waals surface area contributed by atoms with Crippen molar-refractivity contribution in [2.75, 3.05) is 0 Å². The highest BCUT2D eigenvalue weighted by molar-refractivity contribution is 9.10. The molecule has 0 saturated heterocycles. The van der Waals surface area contributed by atoms with E-state index in [0.717, 1.165) is 15.8 Å². The molecule has 0 amide bonds. The molecule has 1 N–H and O–H groups in total. The van der Waals surface area contributed by atoms with Gasteiger partial charge in [0, 0.05) is 20.6 Å². The molecule has 1 aromatic carbocycles. The van der Waals surface area contributed by atoms with Crippen molar-refractivity contribution in [2.24, 2.45) is 0 Å². The van der Waals surface area contributed by atoms with E-state index in [1.165, 1.54) is 0 Å². The van der Waals surface area contributed by atoms with Gasteiger partial charge in [-0.05, 0) is 54.9 Å². The number of hydrogen-bond donors (Lipinski definition) is 1. The van der Waals surface area contributed by atoms with Gasteiger partial charge in [0.15, 0.2) is 5.76 Å². The largest absolute Gasteiger partial charge is 0.439 e. The Bertz CT molecular complexity index is 575. The van der Waals surface area contributed by atoms with E-state index >= 15 is 0 Å². The molecule has 102 valence electrons. The molecule has 0 saturated carbocycles. The molecule has 1 aromatic heterocycles. The minimum absolute atomic E-state index is 0.0372. The van der Waals surface area contributed by atoms with Crippen molar-refractivity contribution in [2.45, 2.75) is 32.9 Å². The van der Waals surface area contributed by atoms with Gasteiger partial charge in [0.2, 0.25) is 5.89 Å². The van der Waals surface area contributed by atoms with E-state index < -0.39 is 0 Å². The minimum Gasteiger partial charge on any atom is -0.439 e. The van der Waals surface area contributed by atoms with Crippen LogP contribution in [0.15, 0.2) is 33.3 Å². The molecule has 0 aliphatic carbocycles. The fraction of sp³-hybridized carbons (Fsp3) is 0.357. The van der Waals surface area contributed by atoms with Crippen molar-refractivity contribution in [1.82, 2.24) is 10.3 Å². The summed E-state index contributed by atoms with van der Waals surface area (Å²) >= 11 is 9.40. The summed E-state index contributed by atoms with van der Waals surface area (Å²) < 4.78 is 6.63. The summed E-state index contributed by atoms with van der Waals surface area (Å²) in [6, 6.07) is 5.58. The summed E-state index contributed by atoms with van der Waals surface area (Å²) in [5, 5.41) is 4.02. The second-order valence-corrected chi connectivity index (χ2v) is 6.64. The zero-order chi connectivity index (χ0) is 14.0. The molecule has 0 fully saturated rings. The van der Waals surface area contributed by atoms with Crippen LogP contribution in [-0.2, 0) is 6.54 Å². The molecule has 19 heavy (non-hydrogen) atoms. The van der Waals surface area contributed by atoms with E-state index in [2.05, 4.69) is 47.0 Å². The lowest BCUT2D eigenvalue weighted by Crippen LogP contribution is -2.35. The van der Waals surface area contributed by atoms with Crippen molar-refractivity contribution in [3.63, 3.8) is 0 Å². The maximum atomic E-state index is 5.92. The minimum atomic E-state index is 0.0372. The highest BCUT2D eigenvalue weighted by atomic mass is 79.9. The molecule has 0 aliphatic rings. The Morgan fingerprint density at radius 1 is 1.37 bits per heavy atom. The van der Waals surface area contributed by atoms with E-state index in [-0.39, 0.29) is 5.54 Å². The van der Waals surface area contributed by atoms with Crippen molar-refractivity contribution in [3.05, 3.63) is 39.8 Å². The quantitative estimate of drug-likeness (QED) is 0.882. The number of halogens is 2. The van der Waals surface area contributed by atoms with Crippen molar-refractivity contribution >= 4 is 27.5 Å². The number of benzene rings is 1. The fourth-order valence-corrected chi connectivity index (χ4v) is 2.42. The first-order valence-electron chi connectivity index (χ1n) is 6.00. The van der Waals surface area contributed by atoms with E-state index in [9.17, 15) is 0 Å². The van der Waals surface area contributed by atoms with Crippen molar-refractivity contribution in [1.29, 1.82) is 0 Å². The summed E-state index contributed by atoms with van der Waals surface area (Å²) in [7, 11) is 0. The number of nitrogens with zero attached hydrogens (tertiary/aromatic N) is 1.